The highest BCUT2D eigenvalue weighted by molar-refractivity contribution is 5.97. The summed E-state index contributed by atoms with van der Waals surface area (Å²) in [4.78, 5) is 147. The minimum absolute atomic E-state index is 0.0196. The monoisotopic (exact) mass is 1510 g/mol. The van der Waals surface area contributed by atoms with Gasteiger partial charge in [0.25, 0.3) is 0 Å². The molecule has 13 N–H and O–H groups in total. The average molecular weight is 1510 g/mol. The number of nitrogens with one attached hydrogen (secondary N) is 11. The second-order valence-electron chi connectivity index (χ2n) is 25.5. The van der Waals surface area contributed by atoms with Crippen LogP contribution in [0.4, 0.5) is 0 Å². The molecule has 0 aliphatic carbocycles. The maximum Gasteiger partial charge on any atom is 0.305 e. The molecule has 0 unspecified atom stereocenters. The Balaban J connectivity index is 0.000000419. The Labute approximate surface area is 632 Å². The molecule has 6 rings (SSSR count). The van der Waals surface area contributed by atoms with E-state index in [1.54, 1.807) is 67.3 Å². The van der Waals surface area contributed by atoms with Gasteiger partial charge in [-0.15, -0.1) is 0 Å². The van der Waals surface area contributed by atoms with Crippen molar-refractivity contribution in [2.75, 3.05) is 65.8 Å². The number of amides is 9. The summed E-state index contributed by atoms with van der Waals surface area (Å²) < 4.78 is 22.2. The number of carbonyl (C=O) groups excluding carboxylic acids is 9. The van der Waals surface area contributed by atoms with Crippen molar-refractivity contribution in [1.82, 2.24) is 67.8 Å². The number of ether oxygens (including phenoxy) is 4. The summed E-state index contributed by atoms with van der Waals surface area (Å²) in [6.45, 7) is 12.0. The lowest BCUT2D eigenvalue weighted by Gasteiger charge is -2.26. The van der Waals surface area contributed by atoms with Crippen LogP contribution in [0.1, 0.15) is 101 Å². The molecule has 588 valence electrons. The summed E-state index contributed by atoms with van der Waals surface area (Å²) in [6, 6.07) is 26.7. The maximum atomic E-state index is 13.7. The van der Waals surface area contributed by atoms with Crippen LogP contribution in [0, 0.1) is 11.8 Å². The van der Waals surface area contributed by atoms with Crippen LogP contribution >= 0.6 is 0 Å². The lowest BCUT2D eigenvalue weighted by Crippen LogP contribution is -2.58. The Bertz CT molecular complexity index is 3810. The van der Waals surface area contributed by atoms with Crippen molar-refractivity contribution in [3.63, 3.8) is 0 Å². The average Bonchev–Trinajstić information content (AvgIpc) is 1.20. The molecule has 6 aromatic rings. The van der Waals surface area contributed by atoms with Crippen LogP contribution in [0.25, 0.3) is 20.9 Å². The minimum atomic E-state index is -1.43. The highest BCUT2D eigenvalue weighted by Crippen LogP contribution is 2.19. The first-order chi connectivity index (χ1) is 52.4. The van der Waals surface area contributed by atoms with Gasteiger partial charge < -0.3 is 87.0 Å². The van der Waals surface area contributed by atoms with E-state index in [0.29, 0.717) is 37.6 Å². The SMILES string of the molecule is CC(=O)N[C@@H](Cc1ccc(OCc2ccccc2)cc1)C(=O)N[C@H](CC(C)C)C(=O)N[C@@H](CC(=O)NCCc1cnc[nH]1)C(=O)NCCOCCN=[N+]=[N-].CC(=O)N[C@@H](Cc1ccc(OCc2ccccc2)cc1)C(=O)N[C@H](CC(C)C)C(=O)N[C@@H](CC(=O)O)C(=O)NCCOCCN=[N+]=[N-].OCCc1cnc[nH]1. The van der Waals surface area contributed by atoms with Crippen LogP contribution in [0.15, 0.2) is 144 Å². The van der Waals surface area contributed by atoms with Crippen LogP contribution in [0.3, 0.4) is 0 Å². The quantitative estimate of drug-likeness (QED) is 0.0109. The molecule has 0 saturated carbocycles. The van der Waals surface area contributed by atoms with Gasteiger partial charge in [-0.3, -0.25) is 47.9 Å². The van der Waals surface area contributed by atoms with E-state index < -0.39 is 102 Å². The van der Waals surface area contributed by atoms with Crippen molar-refractivity contribution in [2.45, 2.75) is 142 Å². The number of benzene rings is 4. The Morgan fingerprint density at radius 1 is 0.468 bits per heavy atom. The lowest BCUT2D eigenvalue weighted by atomic mass is 10.0. The molecule has 0 fully saturated rings. The Morgan fingerprint density at radius 3 is 1.23 bits per heavy atom. The number of H-pyrrole nitrogens is 2. The van der Waals surface area contributed by atoms with Crippen molar-refractivity contribution in [2.24, 2.45) is 22.1 Å². The highest BCUT2D eigenvalue weighted by atomic mass is 16.5. The van der Waals surface area contributed by atoms with E-state index in [1.165, 1.54) is 20.2 Å². The molecule has 109 heavy (non-hydrogen) atoms. The third-order valence-electron chi connectivity index (χ3n) is 15.4. The summed E-state index contributed by atoms with van der Waals surface area (Å²) in [5.74, 6) is -5.54. The van der Waals surface area contributed by atoms with Crippen molar-refractivity contribution >= 4 is 59.1 Å². The van der Waals surface area contributed by atoms with E-state index >= 15 is 0 Å². The van der Waals surface area contributed by atoms with Crippen LogP contribution in [0.5, 0.6) is 11.5 Å². The topological polar surface area (TPSA) is 511 Å². The fourth-order valence-electron chi connectivity index (χ4n) is 10.2. The number of azide groups is 2. The second-order valence-corrected chi connectivity index (χ2v) is 25.5. The summed E-state index contributed by atoms with van der Waals surface area (Å²) in [6.07, 6.45) is 7.18. The molecule has 35 nitrogen and oxygen atoms in total. The van der Waals surface area contributed by atoms with Gasteiger partial charge in [-0.2, -0.15) is 0 Å². The molecule has 0 spiro atoms. The zero-order valence-corrected chi connectivity index (χ0v) is 62.2. The Kier molecular flexibility index (Phi) is 42.8. The standard InChI is InChI=1S/C37H50N10O7.C32H43N7O8.C5H8N2O/c1-25(2)19-31(45-37(52)32(44-26(3)48)20-27-9-11-30(12-10-27)54-23-28-7-5-4-6-8-28)36(51)46-33(35(50)41-15-17-53-18-16-43-47-38)21-34(49)40-14-13-29-22-39-24-42-29;1-21(2)17-26(31(44)38-28(19-29(41)42)30(43)34-13-15-46-16-14-35-39-33)37-32(45)27(36-22(3)40)18-23-9-11-25(12-10-23)47-20-24-7-5-4-6-8-24;8-2-1-5-3-6-4-7-5/h4-12,22,24-25,31-33H,13-21,23H2,1-3H3,(H,39,42)(H,40,49)(H,41,50)(H,44,48)(H,45,52)(H,46,51);4-12,21,26-28H,13-20H2,1-3H3,(H,34,43)(H,36,40)(H,37,45)(H,38,44)(H,41,42);3-4,8H,1-2H2,(H,6,7)/t31-,32+,33+;26-,27+,28+;/m11./s1. The molecular formula is C74H101N19O16. The van der Waals surface area contributed by atoms with E-state index in [2.05, 4.69) is 87.8 Å². The summed E-state index contributed by atoms with van der Waals surface area (Å²) in [7, 11) is 0. The number of imidazole rings is 2. The van der Waals surface area contributed by atoms with Crippen molar-refractivity contribution in [3.8, 4) is 11.5 Å². The van der Waals surface area contributed by atoms with Gasteiger partial charge in [0.05, 0.1) is 51.9 Å². The first kappa shape index (κ1) is 89.5. The molecule has 0 bridgehead atoms. The van der Waals surface area contributed by atoms with Gasteiger partial charge in [0.1, 0.15) is 61.0 Å². The number of carboxylic acid groups (broad SMARTS) is 1. The summed E-state index contributed by atoms with van der Waals surface area (Å²) in [5.41, 5.74) is 22.0. The van der Waals surface area contributed by atoms with E-state index in [1.807, 2.05) is 88.4 Å². The number of aliphatic hydroxyl groups is 1. The zero-order valence-electron chi connectivity index (χ0n) is 62.2. The molecule has 0 aliphatic heterocycles. The van der Waals surface area contributed by atoms with Gasteiger partial charge >= 0.3 is 5.97 Å². The zero-order chi connectivity index (χ0) is 79.6. The number of carbonyl (C=O) groups is 10. The van der Waals surface area contributed by atoms with Crippen LogP contribution < -0.4 is 57.3 Å². The van der Waals surface area contributed by atoms with Gasteiger partial charge in [-0.25, -0.2) is 9.97 Å². The third kappa shape index (κ3) is 39.3. The molecule has 35 heteroatoms. The van der Waals surface area contributed by atoms with Crippen LogP contribution in [0.2, 0.25) is 0 Å². The molecule has 2 heterocycles. The van der Waals surface area contributed by atoms with E-state index in [4.69, 9.17) is 35.1 Å². The number of aliphatic carboxylic acids is 1. The Morgan fingerprint density at radius 2 is 0.862 bits per heavy atom. The second kappa shape index (κ2) is 52.1. The van der Waals surface area contributed by atoms with Crippen molar-refractivity contribution < 1.29 is 77.1 Å². The first-order valence-corrected chi connectivity index (χ1v) is 35.5. The van der Waals surface area contributed by atoms with Crippen molar-refractivity contribution in [3.05, 3.63) is 189 Å². The fourth-order valence-corrected chi connectivity index (χ4v) is 10.2. The van der Waals surface area contributed by atoms with E-state index in [0.717, 1.165) is 33.6 Å². The molecule has 9 amide bonds. The van der Waals surface area contributed by atoms with Crippen molar-refractivity contribution in [1.29, 1.82) is 0 Å². The lowest BCUT2D eigenvalue weighted by molar-refractivity contribution is -0.141. The molecule has 0 radical (unpaired) electrons. The minimum Gasteiger partial charge on any atom is -0.489 e. The molecule has 6 atom stereocenters. The number of aromatic nitrogens is 4. The Hall–Kier alpha value is -11.9. The number of nitrogens with zero attached hydrogens (tertiary/aromatic N) is 8. The van der Waals surface area contributed by atoms with Crippen LogP contribution in [-0.2, 0) is 96.3 Å². The smallest absolute Gasteiger partial charge is 0.305 e. The number of carboxylic acids is 1. The highest BCUT2D eigenvalue weighted by Gasteiger charge is 2.33. The fraction of sp³-hybridized carbons (Fsp3) is 0.459. The number of hydrogen-bond donors (Lipinski definition) is 13. The summed E-state index contributed by atoms with van der Waals surface area (Å²) in [5, 5.41) is 48.2. The van der Waals surface area contributed by atoms with E-state index in [9.17, 15) is 53.1 Å². The number of hydrogen-bond acceptors (Lipinski definition) is 19. The van der Waals surface area contributed by atoms with Gasteiger partial charge in [0.15, 0.2) is 0 Å². The third-order valence-corrected chi connectivity index (χ3v) is 15.4. The maximum absolute atomic E-state index is 13.7. The molecule has 2 aromatic heterocycles. The molecular weight excluding hydrogens is 1410 g/mol. The van der Waals surface area contributed by atoms with Gasteiger partial charge in [0, 0.05) is 112 Å². The number of rotatable bonds is 47. The molecule has 0 aliphatic rings. The van der Waals surface area contributed by atoms with Gasteiger partial charge in [0.2, 0.25) is 53.2 Å². The molecule has 0 saturated heterocycles. The first-order valence-electron chi connectivity index (χ1n) is 35.5. The largest absolute Gasteiger partial charge is 0.489 e. The van der Waals surface area contributed by atoms with Crippen LogP contribution in [-0.4, -0.2) is 191 Å². The number of aromatic amines is 2. The molecule has 4 aromatic carbocycles. The van der Waals surface area contributed by atoms with Gasteiger partial charge in [-0.1, -0.05) is 123 Å². The van der Waals surface area contributed by atoms with E-state index in [-0.39, 0.29) is 110 Å². The number of aliphatic hydroxyl groups excluding tert-OH is 1. The van der Waals surface area contributed by atoms with Gasteiger partial charge in [-0.05, 0) is 82.3 Å². The normalized spacial score (nSPS) is 12.2. The predicted molar refractivity (Wildman–Crippen MR) is 401 cm³/mol. The predicted octanol–water partition coefficient (Wildman–Crippen LogP) is 4.43. The summed E-state index contributed by atoms with van der Waals surface area (Å²) >= 11 is 0.